The Kier molecular flexibility index (Phi) is 7.94. The van der Waals surface area contributed by atoms with E-state index in [0.717, 1.165) is 11.1 Å². The highest BCUT2D eigenvalue weighted by atomic mass is 19.1. The predicted octanol–water partition coefficient (Wildman–Crippen LogP) is 4.48. The SMILES string of the molecule is CCCC(=O)N(Cc1ccc(F)cc1)C(Cc1ccccc1)C(=O)NC(C)(C)C. The lowest BCUT2D eigenvalue weighted by Crippen LogP contribution is -2.54. The zero-order valence-electron chi connectivity index (χ0n) is 17.7. The molecule has 2 aromatic rings. The van der Waals surface area contributed by atoms with Crippen molar-refractivity contribution < 1.29 is 14.0 Å². The molecule has 2 rings (SSSR count). The average molecular weight is 399 g/mol. The van der Waals surface area contributed by atoms with Gasteiger partial charge in [0.1, 0.15) is 11.9 Å². The van der Waals surface area contributed by atoms with E-state index in [1.54, 1.807) is 17.0 Å². The lowest BCUT2D eigenvalue weighted by atomic mass is 10.00. The van der Waals surface area contributed by atoms with Gasteiger partial charge in [-0.05, 0) is 50.5 Å². The summed E-state index contributed by atoms with van der Waals surface area (Å²) in [7, 11) is 0. The van der Waals surface area contributed by atoms with Crippen LogP contribution in [0.15, 0.2) is 54.6 Å². The van der Waals surface area contributed by atoms with Crippen LogP contribution in [-0.2, 0) is 22.6 Å². The summed E-state index contributed by atoms with van der Waals surface area (Å²) >= 11 is 0. The molecule has 0 saturated heterocycles. The Labute approximate surface area is 173 Å². The van der Waals surface area contributed by atoms with E-state index in [1.807, 2.05) is 58.0 Å². The van der Waals surface area contributed by atoms with Gasteiger partial charge in [-0.15, -0.1) is 0 Å². The average Bonchev–Trinajstić information content (AvgIpc) is 2.65. The molecule has 0 aromatic heterocycles. The summed E-state index contributed by atoms with van der Waals surface area (Å²) in [5, 5.41) is 3.02. The van der Waals surface area contributed by atoms with Gasteiger partial charge in [0.25, 0.3) is 0 Å². The molecule has 0 aliphatic rings. The van der Waals surface area contributed by atoms with Gasteiger partial charge in [0.2, 0.25) is 11.8 Å². The van der Waals surface area contributed by atoms with Crippen LogP contribution in [0.5, 0.6) is 0 Å². The first kappa shape index (κ1) is 22.6. The van der Waals surface area contributed by atoms with E-state index in [-0.39, 0.29) is 24.2 Å². The third kappa shape index (κ3) is 7.33. The molecule has 156 valence electrons. The summed E-state index contributed by atoms with van der Waals surface area (Å²) in [6.45, 7) is 7.96. The van der Waals surface area contributed by atoms with Crippen LogP contribution in [0.4, 0.5) is 4.39 Å². The molecule has 0 aliphatic carbocycles. The molecule has 29 heavy (non-hydrogen) atoms. The Hall–Kier alpha value is -2.69. The van der Waals surface area contributed by atoms with Crippen LogP contribution in [0.3, 0.4) is 0 Å². The Morgan fingerprint density at radius 1 is 1.00 bits per heavy atom. The van der Waals surface area contributed by atoms with Crippen LogP contribution in [-0.4, -0.2) is 28.3 Å². The molecule has 0 saturated carbocycles. The topological polar surface area (TPSA) is 49.4 Å². The Morgan fingerprint density at radius 2 is 1.62 bits per heavy atom. The minimum Gasteiger partial charge on any atom is -0.350 e. The lowest BCUT2D eigenvalue weighted by Gasteiger charge is -2.34. The van der Waals surface area contributed by atoms with Crippen molar-refractivity contribution in [2.24, 2.45) is 0 Å². The fourth-order valence-corrected chi connectivity index (χ4v) is 3.15. The normalized spacial score (nSPS) is 12.3. The first-order chi connectivity index (χ1) is 13.7. The maximum Gasteiger partial charge on any atom is 0.243 e. The van der Waals surface area contributed by atoms with E-state index in [0.29, 0.717) is 19.3 Å². The molecule has 1 N–H and O–H groups in total. The first-order valence-corrected chi connectivity index (χ1v) is 10.1. The minimum absolute atomic E-state index is 0.0817. The second-order valence-corrected chi connectivity index (χ2v) is 8.34. The number of hydrogen-bond acceptors (Lipinski definition) is 2. The molecule has 2 amide bonds. The summed E-state index contributed by atoms with van der Waals surface area (Å²) in [6.07, 6.45) is 1.46. The molecule has 0 radical (unpaired) electrons. The minimum atomic E-state index is -0.652. The Balaban J connectivity index is 2.38. The fourth-order valence-electron chi connectivity index (χ4n) is 3.15. The van der Waals surface area contributed by atoms with Crippen molar-refractivity contribution in [1.29, 1.82) is 0 Å². The fraction of sp³-hybridized carbons (Fsp3) is 0.417. The van der Waals surface area contributed by atoms with Crippen molar-refractivity contribution in [3.8, 4) is 0 Å². The number of carbonyl (C=O) groups excluding carboxylic acids is 2. The molecular formula is C24H31FN2O2. The quantitative estimate of drug-likeness (QED) is 0.713. The van der Waals surface area contributed by atoms with E-state index < -0.39 is 11.6 Å². The van der Waals surface area contributed by atoms with Gasteiger partial charge in [0.05, 0.1) is 0 Å². The van der Waals surface area contributed by atoms with Crippen LogP contribution < -0.4 is 5.32 Å². The van der Waals surface area contributed by atoms with Crippen LogP contribution in [0, 0.1) is 5.82 Å². The first-order valence-electron chi connectivity index (χ1n) is 10.1. The number of carbonyl (C=O) groups is 2. The van der Waals surface area contributed by atoms with Gasteiger partial charge in [0.15, 0.2) is 0 Å². The molecule has 0 bridgehead atoms. The Morgan fingerprint density at radius 3 is 2.17 bits per heavy atom. The largest absolute Gasteiger partial charge is 0.350 e. The van der Waals surface area contributed by atoms with Gasteiger partial charge in [-0.3, -0.25) is 9.59 Å². The summed E-state index contributed by atoms with van der Waals surface area (Å²) < 4.78 is 13.3. The summed E-state index contributed by atoms with van der Waals surface area (Å²) in [6, 6.07) is 15.1. The van der Waals surface area contributed by atoms with Crippen LogP contribution in [0.2, 0.25) is 0 Å². The number of hydrogen-bond donors (Lipinski definition) is 1. The van der Waals surface area contributed by atoms with Crippen LogP contribution >= 0.6 is 0 Å². The molecule has 0 fully saturated rings. The van der Waals surface area contributed by atoms with E-state index in [9.17, 15) is 14.0 Å². The van der Waals surface area contributed by atoms with Crippen molar-refractivity contribution in [3.63, 3.8) is 0 Å². The second kappa shape index (κ2) is 10.2. The van der Waals surface area contributed by atoms with Crippen molar-refractivity contribution in [1.82, 2.24) is 10.2 Å². The maximum atomic E-state index is 13.3. The van der Waals surface area contributed by atoms with Crippen LogP contribution in [0.1, 0.15) is 51.7 Å². The third-order valence-corrected chi connectivity index (χ3v) is 4.50. The van der Waals surface area contributed by atoms with E-state index in [1.165, 1.54) is 12.1 Å². The number of rotatable bonds is 8. The summed E-state index contributed by atoms with van der Waals surface area (Å²) in [5.41, 5.74) is 1.36. The monoisotopic (exact) mass is 398 g/mol. The molecule has 2 aromatic carbocycles. The van der Waals surface area contributed by atoms with Gasteiger partial charge < -0.3 is 10.2 Å². The maximum absolute atomic E-state index is 13.3. The number of benzene rings is 2. The standard InChI is InChI=1S/C24H31FN2O2/c1-5-9-22(28)27(17-19-12-14-20(25)15-13-19)21(23(29)26-24(2,3)4)16-18-10-7-6-8-11-18/h6-8,10-15,21H,5,9,16-17H2,1-4H3,(H,26,29). The molecule has 1 unspecified atom stereocenters. The molecule has 5 heteroatoms. The van der Waals surface area contributed by atoms with Crippen molar-refractivity contribution in [2.45, 2.75) is 65.1 Å². The number of halogens is 1. The van der Waals surface area contributed by atoms with Crippen LogP contribution in [0.25, 0.3) is 0 Å². The van der Waals surface area contributed by atoms with Gasteiger partial charge in [-0.25, -0.2) is 4.39 Å². The van der Waals surface area contributed by atoms with Gasteiger partial charge >= 0.3 is 0 Å². The third-order valence-electron chi connectivity index (χ3n) is 4.50. The molecule has 1 atom stereocenters. The summed E-state index contributed by atoms with van der Waals surface area (Å²) in [4.78, 5) is 27.8. The van der Waals surface area contributed by atoms with E-state index in [2.05, 4.69) is 5.32 Å². The van der Waals surface area contributed by atoms with E-state index in [4.69, 9.17) is 0 Å². The van der Waals surface area contributed by atoms with Crippen molar-refractivity contribution >= 4 is 11.8 Å². The number of amides is 2. The van der Waals surface area contributed by atoms with Crippen molar-refractivity contribution in [3.05, 3.63) is 71.5 Å². The second-order valence-electron chi connectivity index (χ2n) is 8.34. The number of nitrogens with zero attached hydrogens (tertiary/aromatic N) is 1. The zero-order valence-corrected chi connectivity index (χ0v) is 17.7. The lowest BCUT2D eigenvalue weighted by molar-refractivity contribution is -0.142. The molecule has 0 spiro atoms. The number of nitrogens with one attached hydrogen (secondary N) is 1. The predicted molar refractivity (Wildman–Crippen MR) is 114 cm³/mol. The molecule has 0 aliphatic heterocycles. The highest BCUT2D eigenvalue weighted by Gasteiger charge is 2.31. The smallest absolute Gasteiger partial charge is 0.243 e. The molecule has 0 heterocycles. The summed E-state index contributed by atoms with van der Waals surface area (Å²) in [5.74, 6) is -0.596. The van der Waals surface area contributed by atoms with E-state index >= 15 is 0 Å². The van der Waals surface area contributed by atoms with Crippen molar-refractivity contribution in [2.75, 3.05) is 0 Å². The molecule has 4 nitrogen and oxygen atoms in total. The van der Waals surface area contributed by atoms with Gasteiger partial charge in [-0.2, -0.15) is 0 Å². The van der Waals surface area contributed by atoms with Gasteiger partial charge in [-0.1, -0.05) is 49.4 Å². The highest BCUT2D eigenvalue weighted by molar-refractivity contribution is 5.88. The van der Waals surface area contributed by atoms with Gasteiger partial charge in [0, 0.05) is 24.9 Å². The Bertz CT molecular complexity index is 798. The molecular weight excluding hydrogens is 367 g/mol. The zero-order chi connectivity index (χ0) is 21.4. The highest BCUT2D eigenvalue weighted by Crippen LogP contribution is 2.17.